The molecule has 0 amide bonds. The lowest BCUT2D eigenvalue weighted by molar-refractivity contribution is 1.30. The molecule has 0 aliphatic rings. The minimum atomic E-state index is 1.12. The van der Waals surface area contributed by atoms with Crippen LogP contribution in [0.5, 0.6) is 0 Å². The van der Waals surface area contributed by atoms with Crippen LogP contribution in [0.3, 0.4) is 0 Å². The quantitative estimate of drug-likeness (QED) is 0.164. The summed E-state index contributed by atoms with van der Waals surface area (Å²) in [5.74, 6) is 0. The lowest BCUT2D eigenvalue weighted by atomic mass is 9.90. The second-order valence-electron chi connectivity index (χ2n) is 14.1. The zero-order valence-corrected chi connectivity index (χ0v) is 31.4. The first-order chi connectivity index (χ1) is 27.3. The van der Waals surface area contributed by atoms with Crippen molar-refractivity contribution >= 4 is 90.9 Å². The number of nitrogens with zero attached hydrogens (tertiary/aromatic N) is 1. The van der Waals surface area contributed by atoms with E-state index in [0.717, 1.165) is 11.4 Å². The second-order valence-corrected chi connectivity index (χ2v) is 16.2. The molecule has 11 rings (SSSR count). The summed E-state index contributed by atoms with van der Waals surface area (Å²) < 4.78 is 5.21. The van der Waals surface area contributed by atoms with Crippen molar-refractivity contribution in [1.82, 2.24) is 0 Å². The van der Waals surface area contributed by atoms with E-state index in [1.54, 1.807) is 0 Å². The molecule has 0 saturated heterocycles. The third-order valence-electron chi connectivity index (χ3n) is 10.9. The Balaban J connectivity index is 1.16. The van der Waals surface area contributed by atoms with E-state index in [4.69, 9.17) is 0 Å². The number of hydrogen-bond donors (Lipinski definition) is 0. The summed E-state index contributed by atoms with van der Waals surface area (Å²) in [6.45, 7) is 0. The van der Waals surface area contributed by atoms with Gasteiger partial charge in [0, 0.05) is 47.0 Å². The zero-order valence-electron chi connectivity index (χ0n) is 29.8. The van der Waals surface area contributed by atoms with Crippen molar-refractivity contribution in [2.75, 3.05) is 4.90 Å². The highest BCUT2D eigenvalue weighted by Crippen LogP contribution is 2.48. The van der Waals surface area contributed by atoms with E-state index >= 15 is 0 Å². The fourth-order valence-electron chi connectivity index (χ4n) is 8.27. The Morgan fingerprint density at radius 3 is 1.75 bits per heavy atom. The minimum absolute atomic E-state index is 1.12. The first kappa shape index (κ1) is 32.0. The first-order valence-corrected chi connectivity index (χ1v) is 20.3. The van der Waals surface area contributed by atoms with Crippen molar-refractivity contribution in [3.63, 3.8) is 0 Å². The van der Waals surface area contributed by atoms with Gasteiger partial charge in [-0.15, -0.1) is 22.7 Å². The van der Waals surface area contributed by atoms with Crippen LogP contribution in [0.25, 0.3) is 84.5 Å². The number of rotatable bonds is 6. The van der Waals surface area contributed by atoms with Crippen LogP contribution in [-0.2, 0) is 0 Å². The van der Waals surface area contributed by atoms with E-state index in [1.165, 1.54) is 90.2 Å². The van der Waals surface area contributed by atoms with Crippen molar-refractivity contribution in [2.24, 2.45) is 0 Å². The van der Waals surface area contributed by atoms with Crippen molar-refractivity contribution in [3.8, 4) is 33.4 Å². The van der Waals surface area contributed by atoms with Gasteiger partial charge in [-0.05, 0) is 92.7 Å². The Hall–Kier alpha value is -6.52. The molecule has 0 aliphatic heterocycles. The van der Waals surface area contributed by atoms with Crippen LogP contribution in [0.4, 0.5) is 17.1 Å². The van der Waals surface area contributed by atoms with Gasteiger partial charge in [0.25, 0.3) is 0 Å². The zero-order chi connectivity index (χ0) is 36.3. The van der Waals surface area contributed by atoms with Crippen molar-refractivity contribution in [1.29, 1.82) is 0 Å². The monoisotopic (exact) mass is 735 g/mol. The van der Waals surface area contributed by atoms with E-state index in [-0.39, 0.29) is 0 Å². The maximum atomic E-state index is 2.46. The summed E-state index contributed by atoms with van der Waals surface area (Å²) in [4.78, 5) is 2.46. The predicted octanol–water partition coefficient (Wildman–Crippen LogP) is 16.0. The molecule has 2 aromatic heterocycles. The van der Waals surface area contributed by atoms with Gasteiger partial charge in [-0.25, -0.2) is 0 Å². The molecule has 0 bridgehead atoms. The van der Waals surface area contributed by atoms with Gasteiger partial charge in [0.1, 0.15) is 0 Å². The highest BCUT2D eigenvalue weighted by atomic mass is 32.1. The third kappa shape index (κ3) is 5.43. The van der Waals surface area contributed by atoms with Gasteiger partial charge >= 0.3 is 0 Å². The summed E-state index contributed by atoms with van der Waals surface area (Å²) in [7, 11) is 0. The minimum Gasteiger partial charge on any atom is -0.309 e. The Morgan fingerprint density at radius 2 is 0.909 bits per heavy atom. The standard InChI is InChI=1S/C52H33NS2/c1-2-12-34(13-3-1)35-24-27-38(28-25-35)53(48-21-11-20-46-44-18-7-9-23-50(44)55-52(46)48)39-29-31-41(47(33-39)42-19-10-15-36-14-4-5-16-40(36)42)37-26-30-45-43-17-6-8-22-49(43)54-51(45)32-37/h1-33H. The first-order valence-electron chi connectivity index (χ1n) is 18.7. The van der Waals surface area contributed by atoms with E-state index in [9.17, 15) is 0 Å². The Bertz CT molecular complexity index is 3200. The fraction of sp³-hybridized carbons (Fsp3) is 0. The van der Waals surface area contributed by atoms with Crippen LogP contribution >= 0.6 is 22.7 Å². The van der Waals surface area contributed by atoms with Crippen LogP contribution in [0.15, 0.2) is 200 Å². The van der Waals surface area contributed by atoms with Gasteiger partial charge in [0.05, 0.1) is 10.4 Å². The Morgan fingerprint density at radius 1 is 0.309 bits per heavy atom. The summed E-state index contributed by atoms with van der Waals surface area (Å²) in [5.41, 5.74) is 10.7. The molecular formula is C52H33NS2. The average molecular weight is 736 g/mol. The smallest absolute Gasteiger partial charge is 0.0640 e. The van der Waals surface area contributed by atoms with Crippen molar-refractivity contribution in [3.05, 3.63) is 200 Å². The number of thiophene rings is 2. The van der Waals surface area contributed by atoms with Crippen LogP contribution in [0, 0.1) is 0 Å². The predicted molar refractivity (Wildman–Crippen MR) is 241 cm³/mol. The summed E-state index contributed by atoms with van der Waals surface area (Å²) in [6.07, 6.45) is 0. The lowest BCUT2D eigenvalue weighted by Crippen LogP contribution is -2.10. The molecule has 0 fully saturated rings. The number of hydrogen-bond acceptors (Lipinski definition) is 3. The summed E-state index contributed by atoms with van der Waals surface area (Å²) >= 11 is 3.74. The molecule has 3 heteroatoms. The van der Waals surface area contributed by atoms with E-state index < -0.39 is 0 Å². The Labute approximate surface area is 327 Å². The molecule has 0 spiro atoms. The third-order valence-corrected chi connectivity index (χ3v) is 13.2. The lowest BCUT2D eigenvalue weighted by Gasteiger charge is -2.27. The molecule has 0 aliphatic carbocycles. The van der Waals surface area contributed by atoms with Crippen LogP contribution in [-0.4, -0.2) is 0 Å². The van der Waals surface area contributed by atoms with Crippen molar-refractivity contribution < 1.29 is 0 Å². The summed E-state index contributed by atoms with van der Waals surface area (Å²) in [6, 6.07) is 73.5. The van der Waals surface area contributed by atoms with Gasteiger partial charge in [0.15, 0.2) is 0 Å². The van der Waals surface area contributed by atoms with E-state index in [1.807, 2.05) is 22.7 Å². The molecule has 11 aromatic rings. The highest BCUT2D eigenvalue weighted by Gasteiger charge is 2.21. The maximum absolute atomic E-state index is 2.46. The SMILES string of the molecule is c1ccc(-c2ccc(N(c3ccc(-c4ccc5c(c4)sc4ccccc45)c(-c4cccc5ccccc45)c3)c3cccc4c3sc3ccccc34)cc2)cc1. The molecule has 258 valence electrons. The number of benzene rings is 9. The molecule has 1 nitrogen and oxygen atoms in total. The van der Waals surface area contributed by atoms with Gasteiger partial charge in [0.2, 0.25) is 0 Å². The normalized spacial score (nSPS) is 11.6. The van der Waals surface area contributed by atoms with Crippen LogP contribution in [0.1, 0.15) is 0 Å². The molecular weight excluding hydrogens is 703 g/mol. The Kier molecular flexibility index (Phi) is 7.61. The maximum Gasteiger partial charge on any atom is 0.0640 e. The number of anilines is 3. The van der Waals surface area contributed by atoms with E-state index in [0.29, 0.717) is 0 Å². The number of fused-ring (bicyclic) bond motifs is 7. The van der Waals surface area contributed by atoms with Gasteiger partial charge in [-0.3, -0.25) is 0 Å². The van der Waals surface area contributed by atoms with E-state index in [2.05, 4.69) is 205 Å². The highest BCUT2D eigenvalue weighted by molar-refractivity contribution is 7.26. The molecule has 9 aromatic carbocycles. The molecule has 0 N–H and O–H groups in total. The average Bonchev–Trinajstić information content (AvgIpc) is 3.83. The topological polar surface area (TPSA) is 3.24 Å². The molecule has 0 saturated carbocycles. The van der Waals surface area contributed by atoms with Crippen LogP contribution < -0.4 is 4.90 Å². The van der Waals surface area contributed by atoms with Crippen LogP contribution in [0.2, 0.25) is 0 Å². The second kappa shape index (κ2) is 13.1. The largest absolute Gasteiger partial charge is 0.309 e. The molecule has 2 heterocycles. The van der Waals surface area contributed by atoms with Gasteiger partial charge in [-0.2, -0.15) is 0 Å². The molecule has 0 radical (unpaired) electrons. The molecule has 0 unspecified atom stereocenters. The summed E-state index contributed by atoms with van der Waals surface area (Å²) in [5, 5.41) is 7.70. The van der Waals surface area contributed by atoms with Gasteiger partial charge < -0.3 is 4.90 Å². The van der Waals surface area contributed by atoms with Crippen molar-refractivity contribution in [2.45, 2.75) is 0 Å². The molecule has 0 atom stereocenters. The molecule has 55 heavy (non-hydrogen) atoms. The van der Waals surface area contributed by atoms with Gasteiger partial charge in [-0.1, -0.05) is 152 Å². The fourth-order valence-corrected chi connectivity index (χ4v) is 10.6.